The van der Waals surface area contributed by atoms with E-state index in [0.717, 1.165) is 11.1 Å². The van der Waals surface area contributed by atoms with Crippen LogP contribution in [0.15, 0.2) is 66.7 Å². The number of hydrogen-bond acceptors (Lipinski definition) is 1. The maximum Gasteiger partial charge on any atom is 0.158 e. The van der Waals surface area contributed by atoms with Crippen LogP contribution in [0.3, 0.4) is 0 Å². The minimum atomic E-state index is 0.556. The SMILES string of the molecule is [C](/C=C/c1ccccc1)OCc1ccccc1. The summed E-state index contributed by atoms with van der Waals surface area (Å²) in [5.74, 6) is 0. The third-order valence-electron chi connectivity index (χ3n) is 2.31. The summed E-state index contributed by atoms with van der Waals surface area (Å²) >= 11 is 0. The molecule has 1 nitrogen and oxygen atoms in total. The smallest absolute Gasteiger partial charge is 0.158 e. The van der Waals surface area contributed by atoms with Crippen molar-refractivity contribution in [2.45, 2.75) is 6.61 Å². The monoisotopic (exact) mass is 222 g/mol. The Morgan fingerprint density at radius 1 is 0.882 bits per heavy atom. The van der Waals surface area contributed by atoms with Crippen LogP contribution in [0.1, 0.15) is 11.1 Å². The van der Waals surface area contributed by atoms with Crippen LogP contribution in [-0.4, -0.2) is 0 Å². The second-order valence-electron chi connectivity index (χ2n) is 3.64. The van der Waals surface area contributed by atoms with Crippen molar-refractivity contribution in [3.63, 3.8) is 0 Å². The third kappa shape index (κ3) is 4.25. The zero-order valence-electron chi connectivity index (χ0n) is 9.54. The number of hydrogen-bond donors (Lipinski definition) is 0. The Morgan fingerprint density at radius 3 is 2.24 bits per heavy atom. The van der Waals surface area contributed by atoms with Gasteiger partial charge in [0.15, 0.2) is 6.61 Å². The molecule has 0 amide bonds. The van der Waals surface area contributed by atoms with Crippen LogP contribution < -0.4 is 0 Å². The minimum absolute atomic E-state index is 0.556. The van der Waals surface area contributed by atoms with Crippen LogP contribution >= 0.6 is 0 Å². The number of ether oxygens (including phenoxy) is 1. The summed E-state index contributed by atoms with van der Waals surface area (Å²) in [5, 5.41) is 0. The normalized spacial score (nSPS) is 10.8. The first-order valence-electron chi connectivity index (χ1n) is 5.58. The molecule has 0 saturated carbocycles. The van der Waals surface area contributed by atoms with Gasteiger partial charge in [-0.2, -0.15) is 0 Å². The Hall–Kier alpha value is -1.86. The lowest BCUT2D eigenvalue weighted by Crippen LogP contribution is -1.87. The quantitative estimate of drug-likeness (QED) is 0.696. The first-order valence-corrected chi connectivity index (χ1v) is 5.58. The van der Waals surface area contributed by atoms with Gasteiger partial charge in [-0.3, -0.25) is 0 Å². The van der Waals surface area contributed by atoms with Gasteiger partial charge in [-0.1, -0.05) is 66.7 Å². The van der Waals surface area contributed by atoms with E-state index in [-0.39, 0.29) is 0 Å². The van der Waals surface area contributed by atoms with Crippen molar-refractivity contribution in [2.75, 3.05) is 0 Å². The Bertz CT molecular complexity index is 445. The molecule has 0 saturated heterocycles. The lowest BCUT2D eigenvalue weighted by Gasteiger charge is -1.99. The molecular formula is C16H14O. The lowest BCUT2D eigenvalue weighted by atomic mass is 10.2. The molecule has 0 spiro atoms. The highest BCUT2D eigenvalue weighted by molar-refractivity contribution is 5.49. The molecule has 2 rings (SSSR count). The van der Waals surface area contributed by atoms with E-state index in [1.165, 1.54) is 0 Å². The van der Waals surface area contributed by atoms with Crippen molar-refractivity contribution >= 4 is 6.08 Å². The Kier molecular flexibility index (Phi) is 4.56. The van der Waals surface area contributed by atoms with Crippen LogP contribution in [0.4, 0.5) is 0 Å². The van der Waals surface area contributed by atoms with Crippen molar-refractivity contribution in [1.82, 2.24) is 0 Å². The molecule has 0 N–H and O–H groups in total. The van der Waals surface area contributed by atoms with Gasteiger partial charge >= 0.3 is 0 Å². The summed E-state index contributed by atoms with van der Waals surface area (Å²) < 4.78 is 5.30. The van der Waals surface area contributed by atoms with E-state index in [4.69, 9.17) is 4.74 Å². The van der Waals surface area contributed by atoms with Crippen molar-refractivity contribution < 1.29 is 4.74 Å². The summed E-state index contributed by atoms with van der Waals surface area (Å²) in [4.78, 5) is 0. The Morgan fingerprint density at radius 2 is 1.53 bits per heavy atom. The van der Waals surface area contributed by atoms with Gasteiger partial charge in [0, 0.05) is 0 Å². The Labute approximate surface area is 102 Å². The first-order chi connectivity index (χ1) is 8.45. The predicted octanol–water partition coefficient (Wildman–Crippen LogP) is 3.96. The molecule has 0 atom stereocenters. The summed E-state index contributed by atoms with van der Waals surface area (Å²) in [6, 6.07) is 20.1. The molecule has 0 unspecified atom stereocenters. The fourth-order valence-electron chi connectivity index (χ4n) is 1.44. The van der Waals surface area contributed by atoms with Crippen molar-refractivity contribution in [3.05, 3.63) is 84.5 Å². The third-order valence-corrected chi connectivity index (χ3v) is 2.31. The van der Waals surface area contributed by atoms with Gasteiger partial charge < -0.3 is 4.74 Å². The van der Waals surface area contributed by atoms with E-state index in [0.29, 0.717) is 6.61 Å². The van der Waals surface area contributed by atoms with Crippen molar-refractivity contribution in [3.8, 4) is 0 Å². The predicted molar refractivity (Wildman–Crippen MR) is 70.0 cm³/mol. The molecule has 0 aliphatic rings. The highest BCUT2D eigenvalue weighted by Gasteiger charge is 1.90. The van der Waals surface area contributed by atoms with Gasteiger partial charge in [-0.05, 0) is 17.2 Å². The highest BCUT2D eigenvalue weighted by atomic mass is 16.5. The maximum absolute atomic E-state index is 5.30. The van der Waals surface area contributed by atoms with Crippen LogP contribution in [0, 0.1) is 6.61 Å². The van der Waals surface area contributed by atoms with Crippen LogP contribution in [0.5, 0.6) is 0 Å². The molecule has 0 heterocycles. The van der Waals surface area contributed by atoms with Gasteiger partial charge in [0.2, 0.25) is 0 Å². The van der Waals surface area contributed by atoms with E-state index >= 15 is 0 Å². The molecule has 0 fully saturated rings. The molecular weight excluding hydrogens is 208 g/mol. The molecule has 2 aromatic rings. The van der Waals surface area contributed by atoms with E-state index in [2.05, 4.69) is 6.61 Å². The van der Waals surface area contributed by atoms with Crippen molar-refractivity contribution in [1.29, 1.82) is 0 Å². The Balaban J connectivity index is 1.72. The maximum atomic E-state index is 5.30. The summed E-state index contributed by atoms with van der Waals surface area (Å²) in [5.41, 5.74) is 2.29. The molecule has 2 aromatic carbocycles. The number of benzene rings is 2. The van der Waals surface area contributed by atoms with Gasteiger partial charge in [0.1, 0.15) is 0 Å². The van der Waals surface area contributed by atoms with Gasteiger partial charge in [0.05, 0.1) is 6.61 Å². The molecule has 0 bridgehead atoms. The fraction of sp³-hybridized carbons (Fsp3) is 0.0625. The van der Waals surface area contributed by atoms with E-state index in [1.807, 2.05) is 66.7 Å². The fourth-order valence-corrected chi connectivity index (χ4v) is 1.44. The van der Waals surface area contributed by atoms with E-state index in [1.54, 1.807) is 6.08 Å². The molecule has 0 aliphatic carbocycles. The van der Waals surface area contributed by atoms with Crippen molar-refractivity contribution in [2.24, 2.45) is 0 Å². The standard InChI is InChI=1S/C16H14O/c1-3-8-15(9-4-1)12-7-13-17-14-16-10-5-2-6-11-16/h1-12H,14H2/b12-7+. The van der Waals surface area contributed by atoms with Gasteiger partial charge in [0.25, 0.3) is 0 Å². The van der Waals surface area contributed by atoms with E-state index in [9.17, 15) is 0 Å². The van der Waals surface area contributed by atoms with Crippen LogP contribution in [0.2, 0.25) is 0 Å². The second-order valence-corrected chi connectivity index (χ2v) is 3.64. The number of rotatable bonds is 5. The minimum Gasteiger partial charge on any atom is -0.359 e. The molecule has 84 valence electrons. The molecule has 0 aromatic heterocycles. The molecule has 0 aliphatic heterocycles. The zero-order chi connectivity index (χ0) is 11.8. The first kappa shape index (κ1) is 11.6. The van der Waals surface area contributed by atoms with Crippen LogP contribution in [-0.2, 0) is 11.3 Å². The second kappa shape index (κ2) is 6.66. The zero-order valence-corrected chi connectivity index (χ0v) is 9.54. The molecule has 1 heteroatoms. The molecule has 2 radical (unpaired) electrons. The highest BCUT2D eigenvalue weighted by Crippen LogP contribution is 2.04. The average molecular weight is 222 g/mol. The lowest BCUT2D eigenvalue weighted by molar-refractivity contribution is 0.202. The van der Waals surface area contributed by atoms with E-state index < -0.39 is 0 Å². The van der Waals surface area contributed by atoms with Crippen LogP contribution in [0.25, 0.3) is 6.08 Å². The summed E-state index contributed by atoms with van der Waals surface area (Å²) in [6.07, 6.45) is 3.75. The van der Waals surface area contributed by atoms with Gasteiger partial charge in [-0.15, -0.1) is 0 Å². The van der Waals surface area contributed by atoms with Gasteiger partial charge in [-0.25, -0.2) is 0 Å². The average Bonchev–Trinajstić information content (AvgIpc) is 2.41. The largest absolute Gasteiger partial charge is 0.359 e. The summed E-state index contributed by atoms with van der Waals surface area (Å²) in [6.45, 7) is 3.36. The molecule has 17 heavy (non-hydrogen) atoms. The summed E-state index contributed by atoms with van der Waals surface area (Å²) in [7, 11) is 0. The topological polar surface area (TPSA) is 9.23 Å².